The van der Waals surface area contributed by atoms with Gasteiger partial charge in [-0.05, 0) is 43.4 Å². The van der Waals surface area contributed by atoms with Crippen molar-refractivity contribution in [2.45, 2.75) is 38.3 Å². The Morgan fingerprint density at radius 2 is 2.06 bits per heavy atom. The number of hydrogen-bond donors (Lipinski definition) is 1. The molecule has 0 amide bonds. The monoisotopic (exact) mass is 241 g/mol. The summed E-state index contributed by atoms with van der Waals surface area (Å²) >= 11 is 0. The van der Waals surface area contributed by atoms with E-state index in [0.29, 0.717) is 6.04 Å². The van der Waals surface area contributed by atoms with Gasteiger partial charge in [0.05, 0.1) is 11.3 Å². The molecule has 1 saturated heterocycles. The van der Waals surface area contributed by atoms with Crippen molar-refractivity contribution in [1.29, 1.82) is 5.26 Å². The van der Waals surface area contributed by atoms with E-state index in [4.69, 9.17) is 0 Å². The molecule has 1 heterocycles. The third-order valence-electron chi connectivity index (χ3n) is 3.80. The predicted octanol–water partition coefficient (Wildman–Crippen LogP) is 2.41. The molecule has 2 fully saturated rings. The molecule has 1 aromatic carbocycles. The summed E-state index contributed by atoms with van der Waals surface area (Å²) in [6, 6.07) is 9.38. The smallest absolute Gasteiger partial charge is 0.101 e. The van der Waals surface area contributed by atoms with Gasteiger partial charge in [-0.15, -0.1) is 0 Å². The summed E-state index contributed by atoms with van der Waals surface area (Å²) in [6.07, 6.45) is 5.10. The molecule has 0 atom stereocenters. The first-order valence-electron chi connectivity index (χ1n) is 6.88. The van der Waals surface area contributed by atoms with Crippen LogP contribution in [0, 0.1) is 11.3 Å². The third kappa shape index (κ3) is 2.49. The number of rotatable bonds is 4. The average molecular weight is 241 g/mol. The Morgan fingerprint density at radius 1 is 1.28 bits per heavy atom. The Labute approximate surface area is 108 Å². The average Bonchev–Trinajstić information content (AvgIpc) is 3.08. The highest BCUT2D eigenvalue weighted by molar-refractivity contribution is 5.60. The summed E-state index contributed by atoms with van der Waals surface area (Å²) in [5.41, 5.74) is 3.17. The van der Waals surface area contributed by atoms with Gasteiger partial charge < -0.3 is 10.2 Å². The van der Waals surface area contributed by atoms with Crippen LogP contribution in [-0.2, 0) is 6.54 Å². The second-order valence-corrected chi connectivity index (χ2v) is 5.31. The summed E-state index contributed by atoms with van der Waals surface area (Å²) in [4.78, 5) is 2.33. The second-order valence-electron chi connectivity index (χ2n) is 5.31. The topological polar surface area (TPSA) is 39.1 Å². The van der Waals surface area contributed by atoms with Gasteiger partial charge in [0, 0.05) is 25.7 Å². The van der Waals surface area contributed by atoms with E-state index >= 15 is 0 Å². The van der Waals surface area contributed by atoms with E-state index in [1.807, 2.05) is 6.07 Å². The predicted molar refractivity (Wildman–Crippen MR) is 72.5 cm³/mol. The molecule has 0 unspecified atom stereocenters. The first-order chi connectivity index (χ1) is 8.86. The fourth-order valence-electron chi connectivity index (χ4n) is 2.57. The lowest BCUT2D eigenvalue weighted by atomic mass is 10.1. The van der Waals surface area contributed by atoms with Gasteiger partial charge in [-0.1, -0.05) is 6.07 Å². The normalized spacial score (nSPS) is 18.9. The van der Waals surface area contributed by atoms with E-state index in [2.05, 4.69) is 28.4 Å². The van der Waals surface area contributed by atoms with Crippen LogP contribution in [0.3, 0.4) is 0 Å². The number of hydrogen-bond acceptors (Lipinski definition) is 3. The molecule has 94 valence electrons. The van der Waals surface area contributed by atoms with Crippen molar-refractivity contribution in [3.8, 4) is 6.07 Å². The van der Waals surface area contributed by atoms with E-state index in [-0.39, 0.29) is 0 Å². The maximum absolute atomic E-state index is 9.30. The molecule has 0 radical (unpaired) electrons. The van der Waals surface area contributed by atoms with Gasteiger partial charge in [-0.2, -0.15) is 5.26 Å². The molecular weight excluding hydrogens is 222 g/mol. The summed E-state index contributed by atoms with van der Waals surface area (Å²) in [7, 11) is 0. The zero-order valence-corrected chi connectivity index (χ0v) is 10.7. The van der Waals surface area contributed by atoms with Gasteiger partial charge >= 0.3 is 0 Å². The summed E-state index contributed by atoms with van der Waals surface area (Å²) < 4.78 is 0. The molecule has 1 saturated carbocycles. The fraction of sp³-hybridized carbons (Fsp3) is 0.533. The summed E-state index contributed by atoms with van der Waals surface area (Å²) in [5.74, 6) is 0. The molecule has 1 N–H and O–H groups in total. The van der Waals surface area contributed by atoms with Crippen LogP contribution in [0.5, 0.6) is 0 Å². The minimum absolute atomic E-state index is 0.716. The van der Waals surface area contributed by atoms with Crippen molar-refractivity contribution in [3.63, 3.8) is 0 Å². The van der Waals surface area contributed by atoms with E-state index in [9.17, 15) is 5.26 Å². The lowest BCUT2D eigenvalue weighted by Gasteiger charge is -2.19. The van der Waals surface area contributed by atoms with Gasteiger partial charge in [0.1, 0.15) is 6.07 Å². The summed E-state index contributed by atoms with van der Waals surface area (Å²) in [6.45, 7) is 3.07. The standard InChI is InChI=1S/C15H19N3/c16-10-13-9-12(11-17-14-4-5-14)3-6-15(13)18-7-1-2-8-18/h3,6,9,14,17H,1-2,4-5,7-8,11H2. The zero-order valence-electron chi connectivity index (χ0n) is 10.7. The number of benzene rings is 1. The second kappa shape index (κ2) is 4.99. The molecule has 0 bridgehead atoms. The Kier molecular flexibility index (Phi) is 3.21. The Bertz CT molecular complexity index is 465. The Morgan fingerprint density at radius 3 is 2.72 bits per heavy atom. The fourth-order valence-corrected chi connectivity index (χ4v) is 2.57. The van der Waals surface area contributed by atoms with Crippen molar-refractivity contribution >= 4 is 5.69 Å². The van der Waals surface area contributed by atoms with E-state index in [0.717, 1.165) is 30.9 Å². The highest BCUT2D eigenvalue weighted by Crippen LogP contribution is 2.26. The SMILES string of the molecule is N#Cc1cc(CNC2CC2)ccc1N1CCCC1. The minimum Gasteiger partial charge on any atom is -0.370 e. The van der Waals surface area contributed by atoms with Gasteiger partial charge in [0.25, 0.3) is 0 Å². The van der Waals surface area contributed by atoms with Gasteiger partial charge in [0.15, 0.2) is 0 Å². The molecule has 0 aromatic heterocycles. The number of nitriles is 1. The lowest BCUT2D eigenvalue weighted by molar-refractivity contribution is 0.687. The molecule has 0 spiro atoms. The van der Waals surface area contributed by atoms with E-state index in [1.54, 1.807) is 0 Å². The van der Waals surface area contributed by atoms with E-state index < -0.39 is 0 Å². The van der Waals surface area contributed by atoms with E-state index in [1.165, 1.54) is 31.2 Å². The van der Waals surface area contributed by atoms with Crippen molar-refractivity contribution in [2.75, 3.05) is 18.0 Å². The first kappa shape index (κ1) is 11.6. The van der Waals surface area contributed by atoms with Crippen LogP contribution in [0.15, 0.2) is 18.2 Å². The molecule has 1 aliphatic heterocycles. The van der Waals surface area contributed by atoms with Gasteiger partial charge in [-0.3, -0.25) is 0 Å². The maximum atomic E-state index is 9.30. The quantitative estimate of drug-likeness (QED) is 0.880. The summed E-state index contributed by atoms with van der Waals surface area (Å²) in [5, 5.41) is 12.8. The van der Waals surface area contributed by atoms with Crippen LogP contribution in [0.1, 0.15) is 36.8 Å². The molecule has 2 aliphatic rings. The lowest BCUT2D eigenvalue weighted by Crippen LogP contribution is -2.19. The first-order valence-corrected chi connectivity index (χ1v) is 6.88. The van der Waals surface area contributed by atoms with Crippen LogP contribution in [0.25, 0.3) is 0 Å². The molecule has 1 aliphatic carbocycles. The van der Waals surface area contributed by atoms with Crippen molar-refractivity contribution in [1.82, 2.24) is 5.32 Å². The van der Waals surface area contributed by atoms with Crippen molar-refractivity contribution < 1.29 is 0 Å². The van der Waals surface area contributed by atoms with Crippen LogP contribution < -0.4 is 10.2 Å². The highest BCUT2D eigenvalue weighted by Gasteiger charge is 2.20. The van der Waals surface area contributed by atoms with Gasteiger partial charge in [-0.25, -0.2) is 0 Å². The van der Waals surface area contributed by atoms with Crippen LogP contribution in [-0.4, -0.2) is 19.1 Å². The van der Waals surface area contributed by atoms with Crippen LogP contribution in [0.4, 0.5) is 5.69 Å². The molecule has 18 heavy (non-hydrogen) atoms. The molecule has 3 nitrogen and oxygen atoms in total. The largest absolute Gasteiger partial charge is 0.370 e. The zero-order chi connectivity index (χ0) is 12.4. The van der Waals surface area contributed by atoms with Crippen LogP contribution >= 0.6 is 0 Å². The molecule has 3 heteroatoms. The Balaban J connectivity index is 1.75. The molecule has 3 rings (SSSR count). The van der Waals surface area contributed by atoms with Gasteiger partial charge in [0.2, 0.25) is 0 Å². The molecule has 1 aromatic rings. The maximum Gasteiger partial charge on any atom is 0.101 e. The minimum atomic E-state index is 0.716. The molecular formula is C15H19N3. The number of nitrogens with one attached hydrogen (secondary N) is 1. The van der Waals surface area contributed by atoms with Crippen LogP contribution in [0.2, 0.25) is 0 Å². The third-order valence-corrected chi connectivity index (χ3v) is 3.80. The highest BCUT2D eigenvalue weighted by atomic mass is 15.1. The van der Waals surface area contributed by atoms with Crippen molar-refractivity contribution in [3.05, 3.63) is 29.3 Å². The number of anilines is 1. The van der Waals surface area contributed by atoms with Crippen molar-refractivity contribution in [2.24, 2.45) is 0 Å². The number of nitrogens with zero attached hydrogens (tertiary/aromatic N) is 2. The Hall–Kier alpha value is -1.53.